The van der Waals surface area contributed by atoms with Crippen LogP contribution in [-0.4, -0.2) is 34.0 Å². The number of amides is 1. The van der Waals surface area contributed by atoms with Gasteiger partial charge >= 0.3 is 5.97 Å². The van der Waals surface area contributed by atoms with Gasteiger partial charge in [-0.1, -0.05) is 68.2 Å². The Morgan fingerprint density at radius 1 is 1.09 bits per heavy atom. The number of likely N-dealkylation sites (tertiary alicyclic amines) is 1. The quantitative estimate of drug-likeness (QED) is 0.474. The summed E-state index contributed by atoms with van der Waals surface area (Å²) in [6.07, 6.45) is 2.45. The second kappa shape index (κ2) is 9.72. The van der Waals surface area contributed by atoms with Gasteiger partial charge in [0.15, 0.2) is 0 Å². The number of aliphatic carboxylic acids is 1. The van der Waals surface area contributed by atoms with E-state index in [-0.39, 0.29) is 17.7 Å². The Morgan fingerprint density at radius 2 is 1.75 bits per heavy atom. The van der Waals surface area contributed by atoms with Crippen molar-refractivity contribution in [3.8, 4) is 0 Å². The molecule has 2 aromatic rings. The first-order chi connectivity index (χ1) is 15.0. The number of para-hydroxylation sites is 2. The predicted molar refractivity (Wildman–Crippen MR) is 130 cm³/mol. The Hall–Kier alpha value is -2.24. The largest absolute Gasteiger partial charge is 0.479 e. The van der Waals surface area contributed by atoms with Crippen LogP contribution in [0.1, 0.15) is 52.0 Å². The number of anilines is 2. The third-order valence-electron chi connectivity index (χ3n) is 6.06. The van der Waals surface area contributed by atoms with E-state index in [0.717, 1.165) is 12.0 Å². The van der Waals surface area contributed by atoms with Gasteiger partial charge in [-0.3, -0.25) is 4.79 Å². The van der Waals surface area contributed by atoms with Crippen molar-refractivity contribution >= 4 is 46.5 Å². The summed E-state index contributed by atoms with van der Waals surface area (Å²) >= 11 is 12.6. The topological polar surface area (TPSA) is 69.6 Å². The minimum Gasteiger partial charge on any atom is -0.479 e. The number of hydrogen-bond donors (Lipinski definition) is 2. The molecule has 1 atom stereocenters. The fourth-order valence-corrected chi connectivity index (χ4v) is 4.71. The first-order valence-corrected chi connectivity index (χ1v) is 11.6. The van der Waals surface area contributed by atoms with Crippen molar-refractivity contribution in [3.05, 3.63) is 58.1 Å². The minimum atomic E-state index is -1.14. The van der Waals surface area contributed by atoms with Crippen LogP contribution in [0.3, 0.4) is 0 Å². The van der Waals surface area contributed by atoms with Gasteiger partial charge in [0, 0.05) is 12.2 Å². The molecule has 1 heterocycles. The number of carboxylic acids is 1. The number of carbonyl (C=O) groups excluding carboxylic acids is 1. The molecular weight excluding hydrogens is 447 g/mol. The van der Waals surface area contributed by atoms with E-state index in [1.807, 2.05) is 24.3 Å². The molecule has 1 aliphatic rings. The number of rotatable bonds is 7. The third-order valence-corrected chi connectivity index (χ3v) is 6.69. The lowest BCUT2D eigenvalue weighted by atomic mass is 9.81. The molecule has 0 bridgehead atoms. The summed E-state index contributed by atoms with van der Waals surface area (Å²) in [5.41, 5.74) is 0.895. The summed E-state index contributed by atoms with van der Waals surface area (Å²) in [6, 6.07) is 12.7. The monoisotopic (exact) mass is 476 g/mol. The lowest BCUT2D eigenvalue weighted by Crippen LogP contribution is -2.54. The maximum Gasteiger partial charge on any atom is 0.329 e. The van der Waals surface area contributed by atoms with Crippen LogP contribution >= 0.6 is 23.2 Å². The fourth-order valence-electron chi connectivity index (χ4n) is 4.22. The highest BCUT2D eigenvalue weighted by Crippen LogP contribution is 2.38. The van der Waals surface area contributed by atoms with E-state index >= 15 is 0 Å². The Kier molecular flexibility index (Phi) is 7.41. The zero-order chi connectivity index (χ0) is 23.5. The summed E-state index contributed by atoms with van der Waals surface area (Å²) < 4.78 is 0. The zero-order valence-electron chi connectivity index (χ0n) is 18.8. The summed E-state index contributed by atoms with van der Waals surface area (Å²) in [6.45, 7) is 6.73. The minimum absolute atomic E-state index is 0.00943. The highest BCUT2D eigenvalue weighted by Gasteiger charge is 2.49. The highest BCUT2D eigenvalue weighted by atomic mass is 35.5. The number of nitrogens with one attached hydrogen (secondary N) is 1. The summed E-state index contributed by atoms with van der Waals surface area (Å²) in [5, 5.41) is 14.3. The van der Waals surface area contributed by atoms with Gasteiger partial charge < -0.3 is 15.3 Å². The lowest BCUT2D eigenvalue weighted by molar-refractivity contribution is -0.157. The van der Waals surface area contributed by atoms with Gasteiger partial charge in [-0.25, -0.2) is 4.79 Å². The van der Waals surface area contributed by atoms with Crippen molar-refractivity contribution in [1.82, 2.24) is 4.90 Å². The van der Waals surface area contributed by atoms with Crippen molar-refractivity contribution in [3.63, 3.8) is 0 Å². The number of nitrogens with zero attached hydrogens (tertiary/aromatic N) is 1. The van der Waals surface area contributed by atoms with Gasteiger partial charge in [0.1, 0.15) is 5.54 Å². The first kappa shape index (κ1) is 24.4. The molecular formula is C25H30Cl2N2O3. The SMILES string of the molecule is CC(C)(C)CC[C@@]1(C(=O)O)CCCN1C(=O)Cc1ccccc1Nc1c(Cl)cccc1Cl. The van der Waals surface area contributed by atoms with Gasteiger partial charge in [0.2, 0.25) is 5.91 Å². The molecule has 0 aromatic heterocycles. The van der Waals surface area contributed by atoms with Gasteiger partial charge in [0.05, 0.1) is 22.2 Å². The number of halogens is 2. The Balaban J connectivity index is 1.84. The smallest absolute Gasteiger partial charge is 0.329 e. The summed E-state index contributed by atoms with van der Waals surface area (Å²) in [7, 11) is 0. The molecule has 5 nitrogen and oxygen atoms in total. The van der Waals surface area contributed by atoms with Gasteiger partial charge in [-0.05, 0) is 54.9 Å². The molecule has 0 radical (unpaired) electrons. The van der Waals surface area contributed by atoms with Crippen molar-refractivity contribution in [1.29, 1.82) is 0 Å². The summed E-state index contributed by atoms with van der Waals surface area (Å²) in [4.78, 5) is 27.3. The van der Waals surface area contributed by atoms with E-state index < -0.39 is 11.5 Å². The molecule has 32 heavy (non-hydrogen) atoms. The van der Waals surface area contributed by atoms with E-state index in [9.17, 15) is 14.7 Å². The molecule has 172 valence electrons. The predicted octanol–water partition coefficient (Wildman–Crippen LogP) is 6.55. The van der Waals surface area contributed by atoms with Crippen molar-refractivity contribution in [2.24, 2.45) is 5.41 Å². The van der Waals surface area contributed by atoms with Crippen LogP contribution in [-0.2, 0) is 16.0 Å². The van der Waals surface area contributed by atoms with Gasteiger partial charge in [-0.2, -0.15) is 0 Å². The molecule has 1 saturated heterocycles. The number of carbonyl (C=O) groups is 2. The molecule has 3 rings (SSSR count). The number of hydrogen-bond acceptors (Lipinski definition) is 3. The van der Waals surface area contributed by atoms with E-state index in [0.29, 0.717) is 47.2 Å². The standard InChI is InChI=1S/C25H30Cl2N2O3/c1-24(2,3)13-14-25(23(31)32)12-7-15-29(25)21(30)16-17-8-4-5-11-20(17)28-22-18(26)9-6-10-19(22)27/h4-6,8-11,28H,7,12-16H2,1-3H3,(H,31,32)/t25-/m1/s1. The second-order valence-corrected chi connectivity index (χ2v) is 10.4. The van der Waals surface area contributed by atoms with Crippen LogP contribution in [0.4, 0.5) is 11.4 Å². The van der Waals surface area contributed by atoms with E-state index in [1.165, 1.54) is 0 Å². The van der Waals surface area contributed by atoms with Crippen LogP contribution in [0.5, 0.6) is 0 Å². The highest BCUT2D eigenvalue weighted by molar-refractivity contribution is 6.39. The molecule has 2 aromatic carbocycles. The Labute approximate surface area is 199 Å². The van der Waals surface area contributed by atoms with Gasteiger partial charge in [0.25, 0.3) is 0 Å². The summed E-state index contributed by atoms with van der Waals surface area (Å²) in [5.74, 6) is -1.10. The van der Waals surface area contributed by atoms with Crippen LogP contribution in [0.25, 0.3) is 0 Å². The molecule has 7 heteroatoms. The first-order valence-electron chi connectivity index (χ1n) is 10.9. The molecule has 1 aliphatic heterocycles. The van der Waals surface area contributed by atoms with E-state index in [1.54, 1.807) is 23.1 Å². The normalized spacial score (nSPS) is 18.6. The van der Waals surface area contributed by atoms with E-state index in [4.69, 9.17) is 23.2 Å². The Morgan fingerprint density at radius 3 is 2.38 bits per heavy atom. The van der Waals surface area contributed by atoms with Crippen LogP contribution in [0.2, 0.25) is 10.0 Å². The van der Waals surface area contributed by atoms with Crippen LogP contribution in [0.15, 0.2) is 42.5 Å². The number of benzene rings is 2. The molecule has 0 unspecified atom stereocenters. The molecule has 1 amide bonds. The van der Waals surface area contributed by atoms with Crippen LogP contribution in [0, 0.1) is 5.41 Å². The maximum absolute atomic E-state index is 13.4. The lowest BCUT2D eigenvalue weighted by Gasteiger charge is -2.37. The van der Waals surface area contributed by atoms with Gasteiger partial charge in [-0.15, -0.1) is 0 Å². The average molecular weight is 477 g/mol. The van der Waals surface area contributed by atoms with Crippen molar-refractivity contribution < 1.29 is 14.7 Å². The number of carboxylic acid groups (broad SMARTS) is 1. The molecule has 0 saturated carbocycles. The zero-order valence-corrected chi connectivity index (χ0v) is 20.3. The van der Waals surface area contributed by atoms with Crippen molar-refractivity contribution in [2.45, 2.75) is 58.4 Å². The molecule has 0 spiro atoms. The maximum atomic E-state index is 13.4. The third kappa shape index (κ3) is 5.38. The molecule has 1 fully saturated rings. The van der Waals surface area contributed by atoms with Crippen molar-refractivity contribution in [2.75, 3.05) is 11.9 Å². The second-order valence-electron chi connectivity index (χ2n) is 9.60. The fraction of sp³-hybridized carbons (Fsp3) is 0.440. The average Bonchev–Trinajstić information content (AvgIpc) is 3.16. The van der Waals surface area contributed by atoms with E-state index in [2.05, 4.69) is 26.1 Å². The molecule has 2 N–H and O–H groups in total. The molecule has 0 aliphatic carbocycles. The Bertz CT molecular complexity index is 983. The van der Waals surface area contributed by atoms with Crippen LogP contribution < -0.4 is 5.32 Å².